The Balaban J connectivity index is 1.89. The third-order valence-electron chi connectivity index (χ3n) is 3.01. The van der Waals surface area contributed by atoms with Crippen LogP contribution in [0.15, 0.2) is 59.1 Å². The molecule has 0 aliphatic rings. The normalized spacial score (nSPS) is 12.0. The van der Waals surface area contributed by atoms with E-state index in [1.165, 1.54) is 31.2 Å². The lowest BCUT2D eigenvalue weighted by Gasteiger charge is -2.12. The summed E-state index contributed by atoms with van der Waals surface area (Å²) in [6.07, 6.45) is 1.82. The molecule has 0 spiro atoms. The number of amides is 1. The largest absolute Gasteiger partial charge is 0.449 e. The van der Waals surface area contributed by atoms with Crippen LogP contribution in [0, 0.1) is 5.82 Å². The number of hydrogen-bond acceptors (Lipinski definition) is 3. The minimum atomic E-state index is -1.01. The van der Waals surface area contributed by atoms with Crippen molar-refractivity contribution in [2.75, 3.05) is 5.32 Å². The van der Waals surface area contributed by atoms with Crippen LogP contribution >= 0.6 is 15.9 Å². The van der Waals surface area contributed by atoms with Crippen molar-refractivity contribution in [1.29, 1.82) is 0 Å². The SMILES string of the molecule is C[C@H](OC(=O)/C=C/c1cccc(Br)c1)C(=O)Nc1cccc(F)c1. The van der Waals surface area contributed by atoms with Crippen LogP contribution in [0.25, 0.3) is 6.08 Å². The molecule has 2 rings (SSSR count). The minimum Gasteiger partial charge on any atom is -0.449 e. The van der Waals surface area contributed by atoms with Crippen LogP contribution in [0.2, 0.25) is 0 Å². The summed E-state index contributed by atoms with van der Waals surface area (Å²) in [7, 11) is 0. The van der Waals surface area contributed by atoms with Gasteiger partial charge in [0, 0.05) is 16.2 Å². The second-order valence-corrected chi connectivity index (χ2v) is 5.88. The second kappa shape index (κ2) is 8.40. The Morgan fingerprint density at radius 1 is 1.21 bits per heavy atom. The highest BCUT2D eigenvalue weighted by molar-refractivity contribution is 9.10. The van der Waals surface area contributed by atoms with Crippen LogP contribution in [-0.4, -0.2) is 18.0 Å². The van der Waals surface area contributed by atoms with Crippen molar-refractivity contribution < 1.29 is 18.7 Å². The number of carbonyl (C=O) groups is 2. The molecule has 6 heteroatoms. The Hall–Kier alpha value is -2.47. The van der Waals surface area contributed by atoms with Crippen LogP contribution in [0.5, 0.6) is 0 Å². The van der Waals surface area contributed by atoms with Gasteiger partial charge in [0.2, 0.25) is 0 Å². The average Bonchev–Trinajstić information content (AvgIpc) is 2.53. The van der Waals surface area contributed by atoms with Crippen molar-refractivity contribution in [2.45, 2.75) is 13.0 Å². The van der Waals surface area contributed by atoms with Gasteiger partial charge >= 0.3 is 5.97 Å². The van der Waals surface area contributed by atoms with Crippen molar-refractivity contribution in [3.63, 3.8) is 0 Å². The van der Waals surface area contributed by atoms with Crippen LogP contribution in [0.1, 0.15) is 12.5 Å². The second-order valence-electron chi connectivity index (χ2n) is 4.97. The molecule has 124 valence electrons. The Morgan fingerprint density at radius 3 is 2.67 bits per heavy atom. The van der Waals surface area contributed by atoms with Gasteiger partial charge in [0.25, 0.3) is 5.91 Å². The molecule has 0 radical (unpaired) electrons. The third-order valence-corrected chi connectivity index (χ3v) is 3.51. The molecule has 0 saturated carbocycles. The number of benzene rings is 2. The van der Waals surface area contributed by atoms with Crippen molar-refractivity contribution in [1.82, 2.24) is 0 Å². The van der Waals surface area contributed by atoms with E-state index in [0.29, 0.717) is 5.69 Å². The summed E-state index contributed by atoms with van der Waals surface area (Å²) in [6.45, 7) is 1.44. The van der Waals surface area contributed by atoms with Crippen LogP contribution in [-0.2, 0) is 14.3 Å². The van der Waals surface area contributed by atoms with Gasteiger partial charge < -0.3 is 10.1 Å². The predicted molar refractivity (Wildman–Crippen MR) is 93.8 cm³/mol. The molecular formula is C18H15BrFNO3. The molecule has 2 aromatic rings. The topological polar surface area (TPSA) is 55.4 Å². The number of anilines is 1. The smallest absolute Gasteiger partial charge is 0.331 e. The maximum atomic E-state index is 13.1. The first-order valence-electron chi connectivity index (χ1n) is 7.15. The van der Waals surface area contributed by atoms with Crippen molar-refractivity contribution in [2.24, 2.45) is 0 Å². The van der Waals surface area contributed by atoms with Crippen molar-refractivity contribution in [3.05, 3.63) is 70.5 Å². The van der Waals surface area contributed by atoms with E-state index in [9.17, 15) is 14.0 Å². The standard InChI is InChI=1S/C18H15BrFNO3/c1-12(18(23)21-16-7-3-6-15(20)11-16)24-17(22)9-8-13-4-2-5-14(19)10-13/h2-12H,1H3,(H,21,23)/b9-8+/t12-/m0/s1. The predicted octanol–water partition coefficient (Wildman–Crippen LogP) is 4.17. The highest BCUT2D eigenvalue weighted by atomic mass is 79.9. The molecule has 0 aromatic heterocycles. The zero-order chi connectivity index (χ0) is 17.5. The molecule has 0 unspecified atom stereocenters. The number of hydrogen-bond donors (Lipinski definition) is 1. The van der Waals surface area contributed by atoms with E-state index < -0.39 is 23.8 Å². The van der Waals surface area contributed by atoms with Gasteiger partial charge in [-0.3, -0.25) is 4.79 Å². The van der Waals surface area contributed by atoms with Gasteiger partial charge in [-0.2, -0.15) is 0 Å². The van der Waals surface area contributed by atoms with Gasteiger partial charge in [0.15, 0.2) is 6.10 Å². The summed E-state index contributed by atoms with van der Waals surface area (Å²) in [5.74, 6) is -1.64. The Morgan fingerprint density at radius 2 is 1.96 bits per heavy atom. The average molecular weight is 392 g/mol. The molecule has 0 bridgehead atoms. The lowest BCUT2D eigenvalue weighted by Crippen LogP contribution is -2.29. The molecule has 2 aromatic carbocycles. The molecule has 0 fully saturated rings. The number of rotatable bonds is 5. The first-order chi connectivity index (χ1) is 11.4. The summed E-state index contributed by atoms with van der Waals surface area (Å²) in [6, 6.07) is 12.8. The first-order valence-corrected chi connectivity index (χ1v) is 7.94. The number of nitrogens with one attached hydrogen (secondary N) is 1. The highest BCUT2D eigenvalue weighted by Crippen LogP contribution is 2.13. The minimum absolute atomic E-state index is 0.299. The van der Waals surface area contributed by atoms with Crippen molar-refractivity contribution in [3.8, 4) is 0 Å². The lowest BCUT2D eigenvalue weighted by atomic mass is 10.2. The summed E-state index contributed by atoms with van der Waals surface area (Å²) >= 11 is 3.34. The monoisotopic (exact) mass is 391 g/mol. The van der Waals surface area contributed by atoms with Gasteiger partial charge in [0.1, 0.15) is 5.82 Å². The van der Waals surface area contributed by atoms with Gasteiger partial charge in [-0.05, 0) is 48.9 Å². The fourth-order valence-electron chi connectivity index (χ4n) is 1.85. The molecule has 4 nitrogen and oxygen atoms in total. The Bertz CT molecular complexity index is 776. The lowest BCUT2D eigenvalue weighted by molar-refractivity contribution is -0.148. The number of ether oxygens (including phenoxy) is 1. The van der Waals surface area contributed by atoms with Gasteiger partial charge in [-0.15, -0.1) is 0 Å². The molecule has 0 saturated heterocycles. The Kier molecular flexibility index (Phi) is 6.26. The zero-order valence-corrected chi connectivity index (χ0v) is 14.4. The highest BCUT2D eigenvalue weighted by Gasteiger charge is 2.16. The Labute approximate surface area is 147 Å². The maximum Gasteiger partial charge on any atom is 0.331 e. The zero-order valence-electron chi connectivity index (χ0n) is 12.8. The van der Waals surface area contributed by atoms with Crippen LogP contribution < -0.4 is 5.32 Å². The van der Waals surface area contributed by atoms with E-state index in [1.807, 2.05) is 24.3 Å². The van der Waals surface area contributed by atoms with E-state index in [1.54, 1.807) is 12.1 Å². The number of esters is 1. The van der Waals surface area contributed by atoms with Gasteiger partial charge in [0.05, 0.1) is 0 Å². The van der Waals surface area contributed by atoms with Crippen LogP contribution in [0.3, 0.4) is 0 Å². The van der Waals surface area contributed by atoms with E-state index in [2.05, 4.69) is 21.2 Å². The summed E-state index contributed by atoms with van der Waals surface area (Å²) in [5.41, 5.74) is 1.12. The van der Waals surface area contributed by atoms with Crippen LogP contribution in [0.4, 0.5) is 10.1 Å². The molecule has 24 heavy (non-hydrogen) atoms. The molecule has 1 N–H and O–H groups in total. The maximum absolute atomic E-state index is 13.1. The van der Waals surface area contributed by atoms with E-state index in [0.717, 1.165) is 10.0 Å². The molecule has 1 atom stereocenters. The molecule has 0 heterocycles. The molecule has 0 aliphatic heterocycles. The van der Waals surface area contributed by atoms with Gasteiger partial charge in [-0.1, -0.05) is 34.1 Å². The number of halogens is 2. The molecule has 0 aliphatic carbocycles. The summed E-state index contributed by atoms with van der Waals surface area (Å²) in [5, 5.41) is 2.48. The van der Waals surface area contributed by atoms with Gasteiger partial charge in [-0.25, -0.2) is 9.18 Å². The van der Waals surface area contributed by atoms with E-state index in [4.69, 9.17) is 4.74 Å². The molecule has 1 amide bonds. The van der Waals surface area contributed by atoms with E-state index >= 15 is 0 Å². The fourth-order valence-corrected chi connectivity index (χ4v) is 2.27. The third kappa shape index (κ3) is 5.62. The van der Waals surface area contributed by atoms with Crippen molar-refractivity contribution >= 4 is 39.6 Å². The quantitative estimate of drug-likeness (QED) is 0.614. The summed E-state index contributed by atoms with van der Waals surface area (Å²) < 4.78 is 19.0. The first kappa shape index (κ1) is 17.9. The summed E-state index contributed by atoms with van der Waals surface area (Å²) in [4.78, 5) is 23.7. The molecular weight excluding hydrogens is 377 g/mol. The number of carbonyl (C=O) groups excluding carboxylic acids is 2. The van der Waals surface area contributed by atoms with E-state index in [-0.39, 0.29) is 0 Å². The fraction of sp³-hybridized carbons (Fsp3) is 0.111.